The predicted octanol–water partition coefficient (Wildman–Crippen LogP) is 4.24. The number of carboxylic acid groups (broad SMARTS) is 1. The van der Waals surface area contributed by atoms with Gasteiger partial charge in [0.05, 0.1) is 5.51 Å². The van der Waals surface area contributed by atoms with E-state index in [9.17, 15) is 12.8 Å². The maximum atomic E-state index is 14.8. The first-order chi connectivity index (χ1) is 16.4. The molecule has 0 bridgehead atoms. The molecule has 3 N–H and O–H groups in total. The fourth-order valence-corrected chi connectivity index (χ4v) is 5.06. The number of nitrogens with zero attached hydrogens (tertiary/aromatic N) is 2. The molecule has 180 valence electrons. The molecule has 1 saturated heterocycles. The van der Waals surface area contributed by atoms with E-state index < -0.39 is 20.7 Å². The van der Waals surface area contributed by atoms with Crippen LogP contribution in [0, 0.1) is 5.82 Å². The molecule has 2 aromatic carbocycles. The molecule has 0 amide bonds. The van der Waals surface area contributed by atoms with Crippen LogP contribution in [0.3, 0.4) is 0 Å². The lowest BCUT2D eigenvalue weighted by Crippen LogP contribution is -2.36. The molecule has 34 heavy (non-hydrogen) atoms. The van der Waals surface area contributed by atoms with Crippen LogP contribution in [0.2, 0.25) is 0 Å². The van der Waals surface area contributed by atoms with E-state index in [-0.39, 0.29) is 12.3 Å². The number of sulfonamides is 1. The predicted molar refractivity (Wildman–Crippen MR) is 132 cm³/mol. The third-order valence-corrected chi connectivity index (χ3v) is 7.17. The number of benzene rings is 2. The number of rotatable bonds is 9. The van der Waals surface area contributed by atoms with Crippen molar-refractivity contribution in [3.63, 3.8) is 0 Å². The van der Waals surface area contributed by atoms with Crippen LogP contribution in [0.5, 0.6) is 0 Å². The summed E-state index contributed by atoms with van der Waals surface area (Å²) in [5, 5.41) is 11.7. The van der Waals surface area contributed by atoms with Crippen LogP contribution >= 0.6 is 11.3 Å². The van der Waals surface area contributed by atoms with Crippen LogP contribution in [0.15, 0.2) is 58.8 Å². The third-order valence-electron chi connectivity index (χ3n) is 5.22. The molecule has 0 radical (unpaired) electrons. The topological polar surface area (TPSA) is 112 Å². The summed E-state index contributed by atoms with van der Waals surface area (Å²) in [7, 11) is -4.11. The Morgan fingerprint density at radius 2 is 1.94 bits per heavy atom. The lowest BCUT2D eigenvalue weighted by molar-refractivity contribution is -0.122. The molecule has 1 aliphatic heterocycles. The molecule has 0 atom stereocenters. The van der Waals surface area contributed by atoms with Gasteiger partial charge in [-0.3, -0.25) is 14.4 Å². The monoisotopic (exact) mass is 504 g/mol. The van der Waals surface area contributed by atoms with Crippen molar-refractivity contribution < 1.29 is 22.7 Å². The van der Waals surface area contributed by atoms with Crippen LogP contribution < -0.4 is 10.0 Å². The minimum atomic E-state index is -4.11. The van der Waals surface area contributed by atoms with Crippen LogP contribution in [-0.4, -0.2) is 43.0 Å². The summed E-state index contributed by atoms with van der Waals surface area (Å²) < 4.78 is 42.3. The lowest BCUT2D eigenvalue weighted by Gasteiger charge is -2.31. The number of hydrogen-bond acceptors (Lipinski definition) is 7. The average molecular weight is 505 g/mol. The molecular weight excluding hydrogens is 479 g/mol. The summed E-state index contributed by atoms with van der Waals surface area (Å²) >= 11 is 1.24. The van der Waals surface area contributed by atoms with Gasteiger partial charge in [-0.15, -0.1) is 11.3 Å². The lowest BCUT2D eigenvalue weighted by atomic mass is 10.0. The van der Waals surface area contributed by atoms with E-state index in [1.54, 1.807) is 0 Å². The maximum absolute atomic E-state index is 14.8. The molecule has 4 rings (SSSR count). The first-order valence-electron chi connectivity index (χ1n) is 10.4. The van der Waals surface area contributed by atoms with E-state index in [1.165, 1.54) is 52.4 Å². The second kappa shape index (κ2) is 11.7. The van der Waals surface area contributed by atoms with Gasteiger partial charge in [-0.1, -0.05) is 36.9 Å². The molecule has 1 fully saturated rings. The van der Waals surface area contributed by atoms with E-state index in [4.69, 9.17) is 9.90 Å². The van der Waals surface area contributed by atoms with Gasteiger partial charge in [-0.25, -0.2) is 17.8 Å². The highest BCUT2D eigenvalue weighted by atomic mass is 32.2. The minimum Gasteiger partial charge on any atom is -0.483 e. The van der Waals surface area contributed by atoms with Crippen molar-refractivity contribution in [2.24, 2.45) is 0 Å². The Labute approximate surface area is 201 Å². The molecule has 0 unspecified atom stereocenters. The highest BCUT2D eigenvalue weighted by molar-refractivity contribution is 7.92. The van der Waals surface area contributed by atoms with Gasteiger partial charge < -0.3 is 10.4 Å². The van der Waals surface area contributed by atoms with Gasteiger partial charge in [-0.2, -0.15) is 0 Å². The van der Waals surface area contributed by atoms with Crippen molar-refractivity contribution in [2.45, 2.75) is 24.4 Å². The first-order valence-corrected chi connectivity index (χ1v) is 12.8. The Balaban J connectivity index is 0.00000103. The molecule has 0 saturated carbocycles. The summed E-state index contributed by atoms with van der Waals surface area (Å²) in [4.78, 5) is 14.2. The minimum absolute atomic E-state index is 0.158. The van der Waals surface area contributed by atoms with E-state index in [0.717, 1.165) is 25.2 Å². The molecule has 2 heterocycles. The molecule has 1 aliphatic rings. The fourth-order valence-electron chi connectivity index (χ4n) is 3.41. The van der Waals surface area contributed by atoms with Crippen LogP contribution in [-0.2, 0) is 27.9 Å². The normalized spacial score (nSPS) is 13.2. The van der Waals surface area contributed by atoms with Crippen LogP contribution in [0.25, 0.3) is 6.08 Å². The molecule has 8 nitrogen and oxygen atoms in total. The second-order valence-electron chi connectivity index (χ2n) is 7.41. The Kier molecular flexibility index (Phi) is 8.74. The Morgan fingerprint density at radius 1 is 1.24 bits per heavy atom. The number of aromatic nitrogens is 1. The number of carbonyl (C=O) groups is 1. The quantitative estimate of drug-likeness (QED) is 0.374. The Hall–Kier alpha value is -3.28. The number of anilines is 2. The largest absolute Gasteiger partial charge is 0.483 e. The Bertz CT molecular complexity index is 1230. The molecule has 3 aromatic rings. The molecular formula is C23H25FN4O4S2. The van der Waals surface area contributed by atoms with Crippen molar-refractivity contribution in [3.05, 3.63) is 76.4 Å². The van der Waals surface area contributed by atoms with Gasteiger partial charge in [0.25, 0.3) is 16.5 Å². The van der Waals surface area contributed by atoms with Crippen molar-refractivity contribution in [3.8, 4) is 0 Å². The number of likely N-dealkylation sites (tertiary alicyclic amines) is 1. The average Bonchev–Trinajstić information content (AvgIpc) is 3.28. The van der Waals surface area contributed by atoms with Gasteiger partial charge in [0, 0.05) is 24.2 Å². The summed E-state index contributed by atoms with van der Waals surface area (Å²) in [5.41, 5.74) is 4.82. The number of halogens is 1. The zero-order valence-corrected chi connectivity index (χ0v) is 19.9. The summed E-state index contributed by atoms with van der Waals surface area (Å²) in [6, 6.07) is 10.6. The zero-order valence-electron chi connectivity index (χ0n) is 18.3. The second-order valence-corrected chi connectivity index (χ2v) is 9.78. The van der Waals surface area contributed by atoms with E-state index in [1.807, 2.05) is 18.2 Å². The SMILES string of the molecule is C=Cc1cc(S(=O)(=O)Nc2cscn2)c(F)cc1NCc1ccccc1CN1CCC1.O=CO. The first kappa shape index (κ1) is 25.3. The van der Waals surface area contributed by atoms with E-state index >= 15 is 0 Å². The van der Waals surface area contributed by atoms with Crippen LogP contribution in [0.4, 0.5) is 15.9 Å². The zero-order chi connectivity index (χ0) is 24.6. The summed E-state index contributed by atoms with van der Waals surface area (Å²) in [5.74, 6) is -0.685. The van der Waals surface area contributed by atoms with Crippen molar-refractivity contribution >= 4 is 45.4 Å². The van der Waals surface area contributed by atoms with Gasteiger partial charge in [-0.05, 0) is 48.3 Å². The molecule has 1 aromatic heterocycles. The molecule has 11 heteroatoms. The standard InChI is InChI=1S/C22H23FN4O2S2.CH2O2/c1-2-16-10-21(31(28,29)26-22-14-30-15-25-22)19(23)11-20(16)24-12-17-6-3-4-7-18(17)13-27-8-5-9-27;2-1-3/h2-4,6-7,10-11,14-15,24,26H,1,5,8-9,12-13H2;1H,(H,2,3). The van der Waals surface area contributed by atoms with E-state index in [0.29, 0.717) is 17.8 Å². The Morgan fingerprint density at radius 3 is 2.53 bits per heavy atom. The smallest absolute Gasteiger partial charge is 0.290 e. The molecule has 0 spiro atoms. The summed E-state index contributed by atoms with van der Waals surface area (Å²) in [6.45, 7) is 7.11. The van der Waals surface area contributed by atoms with Gasteiger partial charge in [0.1, 0.15) is 10.7 Å². The number of thiazole rings is 1. The highest BCUT2D eigenvalue weighted by Gasteiger charge is 2.22. The summed E-state index contributed by atoms with van der Waals surface area (Å²) in [6.07, 6.45) is 2.74. The van der Waals surface area contributed by atoms with Gasteiger partial charge in [0.15, 0.2) is 5.82 Å². The highest BCUT2D eigenvalue weighted by Crippen LogP contribution is 2.27. The van der Waals surface area contributed by atoms with E-state index in [2.05, 4.69) is 32.6 Å². The van der Waals surface area contributed by atoms with Gasteiger partial charge in [0.2, 0.25) is 0 Å². The maximum Gasteiger partial charge on any atom is 0.290 e. The van der Waals surface area contributed by atoms with Gasteiger partial charge >= 0.3 is 0 Å². The van der Waals surface area contributed by atoms with Crippen molar-refractivity contribution in [2.75, 3.05) is 23.1 Å². The number of hydrogen-bond donors (Lipinski definition) is 3. The fraction of sp³-hybridized carbons (Fsp3) is 0.217. The number of nitrogens with one attached hydrogen (secondary N) is 2. The van der Waals surface area contributed by atoms with Crippen LogP contribution in [0.1, 0.15) is 23.1 Å². The van der Waals surface area contributed by atoms with Crippen molar-refractivity contribution in [1.29, 1.82) is 0 Å². The third kappa shape index (κ3) is 6.40. The van der Waals surface area contributed by atoms with Crippen molar-refractivity contribution in [1.82, 2.24) is 9.88 Å². The molecule has 0 aliphatic carbocycles.